The van der Waals surface area contributed by atoms with Crippen LogP contribution in [0.5, 0.6) is 0 Å². The molecule has 2 heterocycles. The normalized spacial score (nSPS) is 28.2. The minimum absolute atomic E-state index is 0.182. The van der Waals surface area contributed by atoms with Crippen molar-refractivity contribution in [2.24, 2.45) is 23.7 Å². The molecular formula is C22H40N2O2. The summed E-state index contributed by atoms with van der Waals surface area (Å²) >= 11 is 0. The van der Waals surface area contributed by atoms with Crippen molar-refractivity contribution >= 4 is 11.7 Å². The van der Waals surface area contributed by atoms with E-state index in [-0.39, 0.29) is 11.8 Å². The fraction of sp³-hybridized carbons (Fsp3) is 0.909. The molecule has 0 spiro atoms. The number of hydrogen-bond donors (Lipinski definition) is 1. The van der Waals surface area contributed by atoms with Gasteiger partial charge in [0.25, 0.3) is 0 Å². The summed E-state index contributed by atoms with van der Waals surface area (Å²) in [6.45, 7) is 9.98. The van der Waals surface area contributed by atoms with Crippen LogP contribution in [0.1, 0.15) is 78.6 Å². The van der Waals surface area contributed by atoms with E-state index in [4.69, 9.17) is 0 Å². The quantitative estimate of drug-likeness (QED) is 0.819. The molecular weight excluding hydrogens is 324 g/mol. The van der Waals surface area contributed by atoms with Crippen LogP contribution in [0.2, 0.25) is 0 Å². The van der Waals surface area contributed by atoms with Crippen LogP contribution in [-0.2, 0) is 9.59 Å². The van der Waals surface area contributed by atoms with Gasteiger partial charge < -0.3 is 10.2 Å². The molecule has 1 saturated carbocycles. The fourth-order valence-corrected chi connectivity index (χ4v) is 4.98. The second-order valence-electron chi connectivity index (χ2n) is 8.36. The average molecular weight is 365 g/mol. The maximum atomic E-state index is 12.8. The number of carbonyl (C=O) groups excluding carboxylic acids is 2. The number of amides is 1. The van der Waals surface area contributed by atoms with E-state index in [2.05, 4.69) is 10.2 Å². The first-order valence-electron chi connectivity index (χ1n) is 11.1. The highest BCUT2D eigenvalue weighted by Crippen LogP contribution is 2.33. The largest absolute Gasteiger partial charge is 0.342 e. The maximum Gasteiger partial charge on any atom is 0.225 e. The zero-order chi connectivity index (χ0) is 18.9. The van der Waals surface area contributed by atoms with Gasteiger partial charge in [0.05, 0.1) is 0 Å². The Kier molecular flexibility index (Phi) is 9.10. The van der Waals surface area contributed by atoms with Crippen LogP contribution in [0, 0.1) is 23.7 Å². The Bertz CT molecular complexity index is 429. The monoisotopic (exact) mass is 364 g/mol. The van der Waals surface area contributed by atoms with Gasteiger partial charge in [-0.05, 0) is 89.6 Å². The first-order valence-corrected chi connectivity index (χ1v) is 11.1. The molecule has 0 aromatic heterocycles. The molecule has 3 rings (SSSR count). The van der Waals surface area contributed by atoms with Gasteiger partial charge in [-0.2, -0.15) is 0 Å². The molecule has 150 valence electrons. The lowest BCUT2D eigenvalue weighted by Gasteiger charge is -2.37. The van der Waals surface area contributed by atoms with Gasteiger partial charge in [-0.25, -0.2) is 0 Å². The molecule has 1 N–H and O–H groups in total. The summed E-state index contributed by atoms with van der Waals surface area (Å²) in [4.78, 5) is 26.4. The van der Waals surface area contributed by atoms with Crippen LogP contribution < -0.4 is 5.32 Å². The summed E-state index contributed by atoms with van der Waals surface area (Å²) in [5.41, 5.74) is 0. The molecule has 26 heavy (non-hydrogen) atoms. The molecule has 0 aromatic rings. The number of rotatable bonds is 4. The number of hydrogen-bond acceptors (Lipinski definition) is 3. The number of likely N-dealkylation sites (tertiary alicyclic amines) is 1. The van der Waals surface area contributed by atoms with Crippen molar-refractivity contribution in [2.75, 3.05) is 26.2 Å². The maximum absolute atomic E-state index is 12.8. The van der Waals surface area contributed by atoms with E-state index in [1.807, 2.05) is 13.8 Å². The summed E-state index contributed by atoms with van der Waals surface area (Å²) in [6, 6.07) is 0. The first kappa shape index (κ1) is 21.4. The van der Waals surface area contributed by atoms with E-state index >= 15 is 0 Å². The molecule has 0 radical (unpaired) electrons. The predicted octanol–water partition coefficient (Wildman–Crippen LogP) is 4.04. The van der Waals surface area contributed by atoms with Crippen LogP contribution in [0.3, 0.4) is 0 Å². The molecule has 0 aromatic carbocycles. The van der Waals surface area contributed by atoms with Gasteiger partial charge in [0.2, 0.25) is 5.91 Å². The fourth-order valence-electron chi connectivity index (χ4n) is 4.98. The molecule has 2 saturated heterocycles. The van der Waals surface area contributed by atoms with Crippen molar-refractivity contribution < 1.29 is 9.59 Å². The minimum atomic E-state index is 0.182. The van der Waals surface area contributed by atoms with E-state index in [0.717, 1.165) is 50.6 Å². The highest BCUT2D eigenvalue weighted by molar-refractivity contribution is 5.81. The Morgan fingerprint density at radius 3 is 1.85 bits per heavy atom. The third-order valence-corrected chi connectivity index (χ3v) is 6.70. The molecule has 4 heteroatoms. The van der Waals surface area contributed by atoms with Gasteiger partial charge in [-0.3, -0.25) is 9.59 Å². The molecule has 3 aliphatic rings. The van der Waals surface area contributed by atoms with Gasteiger partial charge in [0, 0.05) is 24.9 Å². The van der Waals surface area contributed by atoms with Crippen molar-refractivity contribution in [3.05, 3.63) is 0 Å². The van der Waals surface area contributed by atoms with E-state index in [9.17, 15) is 9.59 Å². The second kappa shape index (κ2) is 11.1. The molecule has 2 aliphatic heterocycles. The highest BCUT2D eigenvalue weighted by Gasteiger charge is 2.33. The second-order valence-corrected chi connectivity index (χ2v) is 8.36. The summed E-state index contributed by atoms with van der Waals surface area (Å²) in [5.74, 6) is 2.80. The van der Waals surface area contributed by atoms with Crippen molar-refractivity contribution in [1.29, 1.82) is 0 Å². The SMILES string of the molecule is CC.CC(=O)C1CCC(C(=O)N2CCC(CC3CCNCC3)CC2)CC1. The Labute approximate surface area is 160 Å². The lowest BCUT2D eigenvalue weighted by atomic mass is 9.79. The van der Waals surface area contributed by atoms with Crippen LogP contribution in [-0.4, -0.2) is 42.8 Å². The lowest BCUT2D eigenvalue weighted by Crippen LogP contribution is -2.43. The molecule has 0 bridgehead atoms. The Hall–Kier alpha value is -0.900. The number of ketones is 1. The molecule has 0 atom stereocenters. The predicted molar refractivity (Wildman–Crippen MR) is 107 cm³/mol. The topological polar surface area (TPSA) is 49.4 Å². The smallest absolute Gasteiger partial charge is 0.225 e. The molecule has 1 amide bonds. The van der Waals surface area contributed by atoms with E-state index in [0.29, 0.717) is 11.7 Å². The van der Waals surface area contributed by atoms with Gasteiger partial charge in [-0.15, -0.1) is 0 Å². The number of nitrogens with zero attached hydrogens (tertiary/aromatic N) is 1. The number of carbonyl (C=O) groups is 2. The van der Waals surface area contributed by atoms with Gasteiger partial charge in [-0.1, -0.05) is 13.8 Å². The Morgan fingerprint density at radius 2 is 1.31 bits per heavy atom. The number of piperidine rings is 2. The number of Topliss-reactive ketones (excluding diaryl/α,β-unsaturated/α-hetero) is 1. The summed E-state index contributed by atoms with van der Waals surface area (Å²) in [5, 5.41) is 3.45. The van der Waals surface area contributed by atoms with Gasteiger partial charge in [0.15, 0.2) is 0 Å². The van der Waals surface area contributed by atoms with Crippen molar-refractivity contribution in [2.45, 2.75) is 78.6 Å². The van der Waals surface area contributed by atoms with Crippen LogP contribution in [0.25, 0.3) is 0 Å². The van der Waals surface area contributed by atoms with E-state index < -0.39 is 0 Å². The van der Waals surface area contributed by atoms with Crippen molar-refractivity contribution in [3.63, 3.8) is 0 Å². The Morgan fingerprint density at radius 1 is 0.808 bits per heavy atom. The van der Waals surface area contributed by atoms with E-state index in [1.165, 1.54) is 45.2 Å². The summed E-state index contributed by atoms with van der Waals surface area (Å²) < 4.78 is 0. The zero-order valence-corrected chi connectivity index (χ0v) is 17.3. The number of nitrogens with one attached hydrogen (secondary N) is 1. The highest BCUT2D eigenvalue weighted by atomic mass is 16.2. The van der Waals surface area contributed by atoms with Crippen LogP contribution in [0.15, 0.2) is 0 Å². The lowest BCUT2D eigenvalue weighted by molar-refractivity contribution is -0.139. The van der Waals surface area contributed by atoms with E-state index in [1.54, 1.807) is 6.92 Å². The summed E-state index contributed by atoms with van der Waals surface area (Å²) in [7, 11) is 0. The minimum Gasteiger partial charge on any atom is -0.342 e. The van der Waals surface area contributed by atoms with Crippen LogP contribution in [0.4, 0.5) is 0 Å². The standard InChI is InChI=1S/C20H34N2O2.C2H6/c1-15(23)18-2-4-19(5-3-18)20(24)22-12-8-17(9-13-22)14-16-6-10-21-11-7-16;1-2/h16-19,21H,2-14H2,1H3;1-2H3. The third kappa shape index (κ3) is 6.07. The zero-order valence-electron chi connectivity index (χ0n) is 17.3. The third-order valence-electron chi connectivity index (χ3n) is 6.70. The van der Waals surface area contributed by atoms with Crippen molar-refractivity contribution in [3.8, 4) is 0 Å². The molecule has 4 nitrogen and oxygen atoms in total. The molecule has 0 unspecified atom stereocenters. The molecule has 1 aliphatic carbocycles. The summed E-state index contributed by atoms with van der Waals surface area (Å²) in [6.07, 6.45) is 10.1. The Balaban J connectivity index is 0.00000117. The van der Waals surface area contributed by atoms with Crippen molar-refractivity contribution in [1.82, 2.24) is 10.2 Å². The first-order chi connectivity index (χ1) is 12.6. The molecule has 3 fully saturated rings. The average Bonchev–Trinajstić information content (AvgIpc) is 2.70. The van der Waals surface area contributed by atoms with Gasteiger partial charge in [0.1, 0.15) is 5.78 Å². The van der Waals surface area contributed by atoms with Gasteiger partial charge >= 0.3 is 0 Å². The van der Waals surface area contributed by atoms with Crippen LogP contribution >= 0.6 is 0 Å².